The summed E-state index contributed by atoms with van der Waals surface area (Å²) in [6, 6.07) is 1.80. The Labute approximate surface area is 193 Å². The Balaban J connectivity index is 1.72. The molecule has 0 saturated carbocycles. The number of carbonyl (C=O) groups is 2. The molecule has 1 fully saturated rings. The summed E-state index contributed by atoms with van der Waals surface area (Å²) in [5.41, 5.74) is 1.10. The lowest BCUT2D eigenvalue weighted by molar-refractivity contribution is -0.142. The third-order valence-electron chi connectivity index (χ3n) is 6.05. The van der Waals surface area contributed by atoms with Gasteiger partial charge in [-0.1, -0.05) is 26.8 Å². The quantitative estimate of drug-likeness (QED) is 0.601. The number of aromatic nitrogens is 3. The van der Waals surface area contributed by atoms with Gasteiger partial charge in [0, 0.05) is 26.2 Å². The molecule has 3 rings (SSSR count). The summed E-state index contributed by atoms with van der Waals surface area (Å²) in [4.78, 5) is 32.0. The van der Waals surface area contributed by atoms with E-state index in [0.717, 1.165) is 11.8 Å². The maximum atomic E-state index is 14.0. The van der Waals surface area contributed by atoms with E-state index in [9.17, 15) is 19.1 Å². The minimum absolute atomic E-state index is 0.117. The SMILES string of the molecule is CNC(C(=O)N1C[C@H](O)C[C@H]1C(=O)NC(C)c1ccc(-c2c(F)cnn2C)nc1)C(C)(C)C. The number of aryl methyl sites for hydroxylation is 1. The van der Waals surface area contributed by atoms with E-state index >= 15 is 0 Å². The van der Waals surface area contributed by atoms with Crippen LogP contribution in [0.25, 0.3) is 11.4 Å². The molecule has 33 heavy (non-hydrogen) atoms. The monoisotopic (exact) mass is 460 g/mol. The van der Waals surface area contributed by atoms with E-state index in [1.165, 1.54) is 9.58 Å². The first-order valence-corrected chi connectivity index (χ1v) is 11.0. The van der Waals surface area contributed by atoms with Crippen LogP contribution in [0.2, 0.25) is 0 Å². The van der Waals surface area contributed by atoms with Crippen molar-refractivity contribution in [3.05, 3.63) is 35.9 Å². The number of hydrogen-bond acceptors (Lipinski definition) is 6. The number of hydrogen-bond donors (Lipinski definition) is 3. The number of nitrogens with zero attached hydrogens (tertiary/aromatic N) is 4. The molecule has 2 unspecified atom stereocenters. The van der Waals surface area contributed by atoms with E-state index in [4.69, 9.17) is 0 Å². The maximum absolute atomic E-state index is 14.0. The highest BCUT2D eigenvalue weighted by Crippen LogP contribution is 2.27. The van der Waals surface area contributed by atoms with Crippen molar-refractivity contribution in [1.82, 2.24) is 30.3 Å². The molecule has 3 N–H and O–H groups in total. The Morgan fingerprint density at radius 2 is 1.97 bits per heavy atom. The Hall–Kier alpha value is -2.85. The Kier molecular flexibility index (Phi) is 7.18. The average Bonchev–Trinajstić information content (AvgIpc) is 3.29. The Morgan fingerprint density at radius 1 is 1.27 bits per heavy atom. The molecule has 0 aromatic carbocycles. The van der Waals surface area contributed by atoms with Gasteiger partial charge in [-0.2, -0.15) is 5.10 Å². The highest BCUT2D eigenvalue weighted by molar-refractivity contribution is 5.91. The van der Waals surface area contributed by atoms with Crippen molar-refractivity contribution in [1.29, 1.82) is 0 Å². The van der Waals surface area contributed by atoms with E-state index in [1.54, 1.807) is 32.4 Å². The van der Waals surface area contributed by atoms with Gasteiger partial charge in [0.2, 0.25) is 11.8 Å². The molecular weight excluding hydrogens is 427 g/mol. The van der Waals surface area contributed by atoms with Gasteiger partial charge in [-0.15, -0.1) is 0 Å². The minimum Gasteiger partial charge on any atom is -0.391 e. The van der Waals surface area contributed by atoms with Gasteiger partial charge >= 0.3 is 0 Å². The fourth-order valence-electron chi connectivity index (χ4n) is 4.29. The topological polar surface area (TPSA) is 112 Å². The summed E-state index contributed by atoms with van der Waals surface area (Å²) < 4.78 is 15.4. The van der Waals surface area contributed by atoms with Gasteiger partial charge in [0.25, 0.3) is 0 Å². The lowest BCUT2D eigenvalue weighted by Gasteiger charge is -2.34. The molecule has 9 nitrogen and oxygen atoms in total. The highest BCUT2D eigenvalue weighted by Gasteiger charge is 2.43. The molecule has 2 amide bonds. The minimum atomic E-state index is -0.760. The van der Waals surface area contributed by atoms with E-state index in [2.05, 4.69) is 20.7 Å². The maximum Gasteiger partial charge on any atom is 0.243 e. The van der Waals surface area contributed by atoms with Crippen LogP contribution in [-0.4, -0.2) is 68.4 Å². The van der Waals surface area contributed by atoms with Crippen LogP contribution in [-0.2, 0) is 16.6 Å². The lowest BCUT2D eigenvalue weighted by Crippen LogP contribution is -2.56. The van der Waals surface area contributed by atoms with Crippen LogP contribution in [0.1, 0.15) is 45.7 Å². The highest BCUT2D eigenvalue weighted by atomic mass is 19.1. The van der Waals surface area contributed by atoms with Crippen LogP contribution in [0, 0.1) is 11.2 Å². The van der Waals surface area contributed by atoms with Crippen molar-refractivity contribution >= 4 is 11.8 Å². The molecule has 2 aromatic heterocycles. The molecule has 1 saturated heterocycles. The number of β-amino-alcohol motifs (C(OH)–C–C–N with tert-alkyl or cyclic N) is 1. The number of likely N-dealkylation sites (N-methyl/N-ethyl adjacent to an activating group) is 1. The van der Waals surface area contributed by atoms with Crippen LogP contribution in [0.5, 0.6) is 0 Å². The predicted octanol–water partition coefficient (Wildman–Crippen LogP) is 1.39. The molecule has 4 atom stereocenters. The van der Waals surface area contributed by atoms with Crippen LogP contribution in [0.4, 0.5) is 4.39 Å². The summed E-state index contributed by atoms with van der Waals surface area (Å²) in [5, 5.41) is 20.0. The van der Waals surface area contributed by atoms with Crippen molar-refractivity contribution in [3.63, 3.8) is 0 Å². The van der Waals surface area contributed by atoms with Crippen LogP contribution < -0.4 is 10.6 Å². The molecule has 0 radical (unpaired) electrons. The van der Waals surface area contributed by atoms with Gasteiger partial charge in [0.1, 0.15) is 11.7 Å². The molecule has 0 spiro atoms. The van der Waals surface area contributed by atoms with Crippen molar-refractivity contribution < 1.29 is 19.1 Å². The Bertz CT molecular complexity index is 981. The van der Waals surface area contributed by atoms with Gasteiger partial charge in [0.05, 0.1) is 30.1 Å². The number of halogens is 1. The van der Waals surface area contributed by atoms with Crippen molar-refractivity contribution in [2.75, 3.05) is 13.6 Å². The van der Waals surface area contributed by atoms with Crippen LogP contribution in [0.3, 0.4) is 0 Å². The van der Waals surface area contributed by atoms with E-state index in [1.807, 2.05) is 27.7 Å². The van der Waals surface area contributed by atoms with Crippen molar-refractivity contribution in [3.8, 4) is 11.4 Å². The molecule has 2 aromatic rings. The van der Waals surface area contributed by atoms with Crippen molar-refractivity contribution in [2.45, 2.75) is 58.3 Å². The molecule has 3 heterocycles. The smallest absolute Gasteiger partial charge is 0.243 e. The number of likely N-dealkylation sites (tertiary alicyclic amines) is 1. The molecule has 0 aliphatic carbocycles. The fraction of sp³-hybridized carbons (Fsp3) is 0.565. The summed E-state index contributed by atoms with van der Waals surface area (Å²) in [6.07, 6.45) is 2.14. The van der Waals surface area contributed by atoms with E-state index < -0.39 is 30.0 Å². The van der Waals surface area contributed by atoms with Gasteiger partial charge in [-0.3, -0.25) is 19.3 Å². The molecule has 180 valence electrons. The van der Waals surface area contributed by atoms with Crippen LogP contribution >= 0.6 is 0 Å². The summed E-state index contributed by atoms with van der Waals surface area (Å²) in [7, 11) is 3.35. The number of aliphatic hydroxyl groups excluding tert-OH is 1. The molecule has 0 bridgehead atoms. The average molecular weight is 461 g/mol. The zero-order valence-corrected chi connectivity index (χ0v) is 20.0. The van der Waals surface area contributed by atoms with E-state index in [-0.39, 0.29) is 35.9 Å². The second-order valence-corrected chi connectivity index (χ2v) is 9.66. The zero-order valence-electron chi connectivity index (χ0n) is 20.0. The van der Waals surface area contributed by atoms with Gasteiger partial charge in [-0.05, 0) is 31.0 Å². The number of amides is 2. The molecular formula is C23H33FN6O3. The first kappa shape index (κ1) is 24.8. The third kappa shape index (κ3) is 5.22. The molecule has 1 aliphatic rings. The predicted molar refractivity (Wildman–Crippen MR) is 121 cm³/mol. The van der Waals surface area contributed by atoms with Crippen molar-refractivity contribution in [2.24, 2.45) is 12.5 Å². The standard InChI is InChI=1S/C23H33FN6O3/c1-13(14-7-8-17(26-10-14)19-16(24)11-27-29(19)6)28-21(32)18-9-15(31)12-30(18)22(33)20(25-5)23(2,3)4/h7-8,10-11,13,15,18,20,25,31H,9,12H2,1-6H3,(H,28,32)/t13?,15-,18+,20?/m1/s1. The number of nitrogens with one attached hydrogen (secondary N) is 2. The number of aliphatic hydroxyl groups is 1. The van der Waals surface area contributed by atoms with Gasteiger partial charge < -0.3 is 20.6 Å². The largest absolute Gasteiger partial charge is 0.391 e. The lowest BCUT2D eigenvalue weighted by atomic mass is 9.86. The fourth-order valence-corrected chi connectivity index (χ4v) is 4.29. The molecule has 10 heteroatoms. The third-order valence-corrected chi connectivity index (χ3v) is 6.05. The Morgan fingerprint density at radius 3 is 2.48 bits per heavy atom. The first-order valence-electron chi connectivity index (χ1n) is 11.0. The van der Waals surface area contributed by atoms with Gasteiger partial charge in [0.15, 0.2) is 5.82 Å². The second kappa shape index (κ2) is 9.56. The second-order valence-electron chi connectivity index (χ2n) is 9.66. The number of pyridine rings is 1. The normalized spacial score (nSPS) is 20.5. The zero-order chi connectivity index (χ0) is 24.5. The number of rotatable bonds is 6. The number of carbonyl (C=O) groups excluding carboxylic acids is 2. The summed E-state index contributed by atoms with van der Waals surface area (Å²) in [6.45, 7) is 7.77. The van der Waals surface area contributed by atoms with Crippen LogP contribution in [0.15, 0.2) is 24.5 Å². The molecule has 1 aliphatic heterocycles. The first-order chi connectivity index (χ1) is 15.4. The summed E-state index contributed by atoms with van der Waals surface area (Å²) >= 11 is 0. The summed E-state index contributed by atoms with van der Waals surface area (Å²) in [5.74, 6) is -1.00. The van der Waals surface area contributed by atoms with E-state index in [0.29, 0.717) is 5.69 Å². The van der Waals surface area contributed by atoms with Gasteiger partial charge in [-0.25, -0.2) is 4.39 Å².